The van der Waals surface area contributed by atoms with E-state index in [2.05, 4.69) is 15.3 Å². The van der Waals surface area contributed by atoms with Gasteiger partial charge in [0.25, 0.3) is 5.69 Å². The van der Waals surface area contributed by atoms with E-state index in [1.807, 2.05) is 24.3 Å². The average molecular weight is 381 g/mol. The highest BCUT2D eigenvalue weighted by molar-refractivity contribution is 7.99. The summed E-state index contributed by atoms with van der Waals surface area (Å²) >= 11 is 1.54. The molecule has 0 fully saturated rings. The third kappa shape index (κ3) is 3.54. The lowest BCUT2D eigenvalue weighted by Gasteiger charge is -2.14. The average Bonchev–Trinajstić information content (AvgIpc) is 3.10. The third-order valence-electron chi connectivity index (χ3n) is 4.17. The third-order valence-corrected chi connectivity index (χ3v) is 5.10. The summed E-state index contributed by atoms with van der Waals surface area (Å²) in [7, 11) is 1.63. The molecule has 1 aromatic heterocycles. The molecule has 0 bridgehead atoms. The monoisotopic (exact) mass is 381 g/mol. The van der Waals surface area contributed by atoms with Crippen LogP contribution >= 0.6 is 11.8 Å². The maximum absolute atomic E-state index is 10.8. The second-order valence-corrected chi connectivity index (χ2v) is 6.82. The lowest BCUT2D eigenvalue weighted by Crippen LogP contribution is -2.14. The number of rotatable bonds is 5. The van der Waals surface area contributed by atoms with E-state index in [0.29, 0.717) is 12.2 Å². The quantitative estimate of drug-likeness (QED) is 0.498. The number of nitro groups is 1. The van der Waals surface area contributed by atoms with Gasteiger partial charge in [-0.3, -0.25) is 10.1 Å². The number of hydrogen-bond acceptors (Lipinski definition) is 7. The van der Waals surface area contributed by atoms with Crippen LogP contribution in [-0.4, -0.2) is 38.4 Å². The van der Waals surface area contributed by atoms with Gasteiger partial charge >= 0.3 is 0 Å². The summed E-state index contributed by atoms with van der Waals surface area (Å²) in [5.74, 6) is 2.18. The molecule has 3 aromatic rings. The number of nitrogens with zero attached hydrogens (tertiary/aromatic N) is 5. The van der Waals surface area contributed by atoms with Crippen LogP contribution in [-0.2, 0) is 6.42 Å². The molecule has 0 N–H and O–H groups in total. The number of nitro benzene ring substituents is 1. The van der Waals surface area contributed by atoms with Gasteiger partial charge in [0, 0.05) is 24.3 Å². The number of fused-ring (bicyclic) bond motifs is 1. The molecule has 4 rings (SSSR count). The Morgan fingerprint density at radius 2 is 1.89 bits per heavy atom. The minimum absolute atomic E-state index is 0.0630. The second-order valence-electron chi connectivity index (χ2n) is 5.87. The van der Waals surface area contributed by atoms with Gasteiger partial charge < -0.3 is 4.74 Å². The van der Waals surface area contributed by atoms with Gasteiger partial charge in [-0.15, -0.1) is 10.2 Å². The summed E-state index contributed by atoms with van der Waals surface area (Å²) in [5, 5.41) is 24.7. The molecule has 0 aliphatic carbocycles. The van der Waals surface area contributed by atoms with Crippen LogP contribution in [0.25, 0.3) is 0 Å². The van der Waals surface area contributed by atoms with Crippen LogP contribution in [0.2, 0.25) is 0 Å². The Hall–Kier alpha value is -3.20. The zero-order chi connectivity index (χ0) is 18.8. The first kappa shape index (κ1) is 17.2. The summed E-state index contributed by atoms with van der Waals surface area (Å²) in [6, 6.07) is 14.2. The van der Waals surface area contributed by atoms with Crippen LogP contribution in [0.1, 0.15) is 17.0 Å². The first-order valence-corrected chi connectivity index (χ1v) is 9.15. The standard InChI is InChI=1S/C18H15N5O3S/c1-26-15-8-2-12(3-9-15)10-17-19-20-18-22(17)21-16(11-27-18)13-4-6-14(7-5-13)23(24)25/h2-9H,10-11H2,1H3. The number of aromatic nitrogens is 3. The van der Waals surface area contributed by atoms with Gasteiger partial charge in [0.15, 0.2) is 5.82 Å². The number of thioether (sulfide) groups is 1. The van der Waals surface area contributed by atoms with E-state index in [0.717, 1.165) is 33.6 Å². The van der Waals surface area contributed by atoms with Crippen LogP contribution in [0.5, 0.6) is 5.75 Å². The number of methoxy groups -OCH3 is 1. The maximum atomic E-state index is 10.8. The number of ether oxygens (including phenoxy) is 1. The van der Waals surface area contributed by atoms with Crippen LogP contribution in [0.15, 0.2) is 58.8 Å². The van der Waals surface area contributed by atoms with Crippen molar-refractivity contribution in [2.24, 2.45) is 5.10 Å². The molecule has 136 valence electrons. The van der Waals surface area contributed by atoms with E-state index < -0.39 is 4.92 Å². The zero-order valence-corrected chi connectivity index (χ0v) is 15.2. The van der Waals surface area contributed by atoms with Gasteiger partial charge in [0.05, 0.1) is 17.7 Å². The maximum Gasteiger partial charge on any atom is 0.269 e. The van der Waals surface area contributed by atoms with Gasteiger partial charge in [-0.05, 0) is 35.4 Å². The Bertz CT molecular complexity index is 1010. The van der Waals surface area contributed by atoms with E-state index in [1.54, 1.807) is 35.7 Å². The Balaban J connectivity index is 1.61. The highest BCUT2D eigenvalue weighted by Gasteiger charge is 2.20. The van der Waals surface area contributed by atoms with Gasteiger partial charge in [-0.1, -0.05) is 23.9 Å². The number of benzene rings is 2. The van der Waals surface area contributed by atoms with E-state index in [-0.39, 0.29) is 5.69 Å². The molecular formula is C18H15N5O3S. The molecular weight excluding hydrogens is 366 g/mol. The van der Waals surface area contributed by atoms with E-state index in [9.17, 15) is 10.1 Å². The van der Waals surface area contributed by atoms with Crippen molar-refractivity contribution < 1.29 is 9.66 Å². The predicted molar refractivity (Wildman–Crippen MR) is 102 cm³/mol. The number of hydrogen-bond donors (Lipinski definition) is 0. The second kappa shape index (κ2) is 7.20. The van der Waals surface area contributed by atoms with Crippen molar-refractivity contribution in [3.8, 4) is 5.75 Å². The minimum atomic E-state index is -0.411. The van der Waals surface area contributed by atoms with Crippen LogP contribution in [0.4, 0.5) is 5.69 Å². The molecule has 1 aliphatic heterocycles. The van der Waals surface area contributed by atoms with Crippen molar-refractivity contribution in [2.75, 3.05) is 12.9 Å². The van der Waals surface area contributed by atoms with Crippen LogP contribution < -0.4 is 4.74 Å². The lowest BCUT2D eigenvalue weighted by molar-refractivity contribution is -0.384. The summed E-state index contributed by atoms with van der Waals surface area (Å²) in [6.45, 7) is 0. The van der Waals surface area contributed by atoms with E-state index >= 15 is 0 Å². The lowest BCUT2D eigenvalue weighted by atomic mass is 10.1. The molecule has 0 saturated carbocycles. The minimum Gasteiger partial charge on any atom is -0.497 e. The highest BCUT2D eigenvalue weighted by atomic mass is 32.2. The number of non-ortho nitro benzene ring substituents is 1. The summed E-state index contributed by atoms with van der Waals surface area (Å²) in [4.78, 5) is 10.4. The Morgan fingerprint density at radius 3 is 2.56 bits per heavy atom. The smallest absolute Gasteiger partial charge is 0.269 e. The summed E-state index contributed by atoms with van der Waals surface area (Å²) < 4.78 is 6.93. The zero-order valence-electron chi connectivity index (χ0n) is 14.4. The molecule has 0 radical (unpaired) electrons. The fourth-order valence-corrected chi connectivity index (χ4v) is 3.58. The van der Waals surface area contributed by atoms with Crippen molar-refractivity contribution in [1.29, 1.82) is 0 Å². The van der Waals surface area contributed by atoms with Crippen molar-refractivity contribution in [2.45, 2.75) is 11.6 Å². The van der Waals surface area contributed by atoms with E-state index in [1.165, 1.54) is 12.1 Å². The molecule has 8 nitrogen and oxygen atoms in total. The first-order chi connectivity index (χ1) is 13.1. The fraction of sp³-hybridized carbons (Fsp3) is 0.167. The van der Waals surface area contributed by atoms with Crippen molar-refractivity contribution >= 4 is 23.2 Å². The molecule has 27 heavy (non-hydrogen) atoms. The van der Waals surface area contributed by atoms with Gasteiger partial charge in [0.1, 0.15) is 5.75 Å². The molecule has 2 aromatic carbocycles. The van der Waals surface area contributed by atoms with Gasteiger partial charge in [-0.2, -0.15) is 9.78 Å². The van der Waals surface area contributed by atoms with Crippen LogP contribution in [0, 0.1) is 10.1 Å². The fourth-order valence-electron chi connectivity index (χ4n) is 2.72. The van der Waals surface area contributed by atoms with Gasteiger partial charge in [0.2, 0.25) is 5.16 Å². The van der Waals surface area contributed by atoms with Gasteiger partial charge in [-0.25, -0.2) is 0 Å². The molecule has 2 heterocycles. The molecule has 0 atom stereocenters. The first-order valence-electron chi connectivity index (χ1n) is 8.17. The molecule has 0 amide bonds. The molecule has 0 spiro atoms. The predicted octanol–water partition coefficient (Wildman–Crippen LogP) is 3.14. The SMILES string of the molecule is COc1ccc(Cc2nnc3n2N=C(c2ccc([N+](=O)[O-])cc2)CS3)cc1. The molecule has 1 aliphatic rings. The molecule has 9 heteroatoms. The van der Waals surface area contributed by atoms with Crippen molar-refractivity contribution in [3.05, 3.63) is 75.6 Å². The highest BCUT2D eigenvalue weighted by Crippen LogP contribution is 2.26. The summed E-state index contributed by atoms with van der Waals surface area (Å²) in [5.41, 5.74) is 2.82. The van der Waals surface area contributed by atoms with E-state index in [4.69, 9.17) is 4.74 Å². The normalized spacial score (nSPS) is 13.0. The van der Waals surface area contributed by atoms with Crippen molar-refractivity contribution in [3.63, 3.8) is 0 Å². The molecule has 0 saturated heterocycles. The van der Waals surface area contributed by atoms with Crippen LogP contribution in [0.3, 0.4) is 0 Å². The largest absolute Gasteiger partial charge is 0.497 e. The Morgan fingerprint density at radius 1 is 1.15 bits per heavy atom. The van der Waals surface area contributed by atoms with Crippen molar-refractivity contribution in [1.82, 2.24) is 14.9 Å². The molecule has 0 unspecified atom stereocenters. The topological polar surface area (TPSA) is 95.4 Å². The Labute approximate surface area is 159 Å². The summed E-state index contributed by atoms with van der Waals surface area (Å²) in [6.07, 6.45) is 0.592. The Kier molecular flexibility index (Phi) is 4.59.